The molecule has 0 rings (SSSR count). The Kier molecular flexibility index (Phi) is 65.8. The van der Waals surface area contributed by atoms with Crippen LogP contribution in [0.25, 0.3) is 0 Å². The van der Waals surface area contributed by atoms with Crippen LogP contribution in [0.2, 0.25) is 0 Å². The van der Waals surface area contributed by atoms with Crippen molar-refractivity contribution in [2.45, 2.75) is 329 Å². The average molecular weight is 1140 g/mol. The van der Waals surface area contributed by atoms with Crippen LogP contribution >= 0.6 is 0 Å². The fourth-order valence-corrected chi connectivity index (χ4v) is 9.62. The molecule has 0 aromatic carbocycles. The largest absolute Gasteiger partial charge is 0.462 e. The maximum Gasteiger partial charge on any atom is 0.306 e. The first kappa shape index (κ1) is 77.8. The molecule has 0 spiro atoms. The van der Waals surface area contributed by atoms with E-state index in [0.29, 0.717) is 19.3 Å². The smallest absolute Gasteiger partial charge is 0.306 e. The van der Waals surface area contributed by atoms with E-state index < -0.39 is 6.10 Å². The quantitative estimate of drug-likeness (QED) is 0.0261. The summed E-state index contributed by atoms with van der Waals surface area (Å²) in [7, 11) is 0. The minimum Gasteiger partial charge on any atom is -0.462 e. The van der Waals surface area contributed by atoms with Gasteiger partial charge in [0.2, 0.25) is 0 Å². The van der Waals surface area contributed by atoms with Crippen molar-refractivity contribution in [3.63, 3.8) is 0 Å². The molecule has 0 bridgehead atoms. The maximum atomic E-state index is 13.0. The van der Waals surface area contributed by atoms with Crippen molar-refractivity contribution < 1.29 is 28.6 Å². The Morgan fingerprint density at radius 1 is 0.256 bits per heavy atom. The van der Waals surface area contributed by atoms with E-state index in [4.69, 9.17) is 14.2 Å². The SMILES string of the molecule is CC/C=C\C/C=C\C/C=C\C/C=C\C/C=C\C/C=C\CCCCCCCCC(=O)OCC(COC(=O)CCCCCCCC/C=C\C/C=C\C/C=C\C/C=C\CC)OC(=O)CCCCCCCCCCCCCCCCCCCCCC. The zero-order chi connectivity index (χ0) is 59.2. The van der Waals surface area contributed by atoms with Gasteiger partial charge in [-0.3, -0.25) is 14.4 Å². The minimum absolute atomic E-state index is 0.0903. The van der Waals surface area contributed by atoms with Crippen LogP contribution < -0.4 is 0 Å². The van der Waals surface area contributed by atoms with Crippen LogP contribution in [0.5, 0.6) is 0 Å². The summed E-state index contributed by atoms with van der Waals surface area (Å²) in [5.41, 5.74) is 0. The molecule has 1 atom stereocenters. The van der Waals surface area contributed by atoms with E-state index in [0.717, 1.165) is 148 Å². The van der Waals surface area contributed by atoms with Gasteiger partial charge in [-0.25, -0.2) is 0 Å². The van der Waals surface area contributed by atoms with E-state index in [9.17, 15) is 14.4 Å². The van der Waals surface area contributed by atoms with Gasteiger partial charge in [-0.2, -0.15) is 0 Å². The van der Waals surface area contributed by atoms with Crippen molar-refractivity contribution in [1.82, 2.24) is 0 Å². The highest BCUT2D eigenvalue weighted by Gasteiger charge is 2.19. The molecule has 0 amide bonds. The normalized spacial score (nSPS) is 12.9. The maximum absolute atomic E-state index is 13.0. The summed E-state index contributed by atoms with van der Waals surface area (Å²) >= 11 is 0. The first-order valence-electron chi connectivity index (χ1n) is 34.5. The second kappa shape index (κ2) is 69.3. The average Bonchev–Trinajstić information content (AvgIpc) is 3.47. The summed E-state index contributed by atoms with van der Waals surface area (Å²) in [6, 6.07) is 0. The molecular formula is C76H128O6. The molecular weight excluding hydrogens is 1010 g/mol. The van der Waals surface area contributed by atoms with Crippen LogP contribution in [0.1, 0.15) is 323 Å². The molecule has 0 saturated heterocycles. The van der Waals surface area contributed by atoms with Crippen LogP contribution in [-0.2, 0) is 28.6 Å². The van der Waals surface area contributed by atoms with E-state index in [1.54, 1.807) is 0 Å². The molecule has 0 aliphatic heterocycles. The van der Waals surface area contributed by atoms with Crippen molar-refractivity contribution >= 4 is 17.9 Å². The van der Waals surface area contributed by atoms with Gasteiger partial charge in [0.05, 0.1) is 0 Å². The Hall–Kier alpha value is -4.19. The Balaban J connectivity index is 4.43. The van der Waals surface area contributed by atoms with Crippen LogP contribution in [-0.4, -0.2) is 37.2 Å². The first-order valence-corrected chi connectivity index (χ1v) is 34.5. The zero-order valence-electron chi connectivity index (χ0n) is 53.7. The highest BCUT2D eigenvalue weighted by molar-refractivity contribution is 5.71. The van der Waals surface area contributed by atoms with Gasteiger partial charge < -0.3 is 14.2 Å². The zero-order valence-corrected chi connectivity index (χ0v) is 53.7. The fraction of sp³-hybridized carbons (Fsp3) is 0.697. The van der Waals surface area contributed by atoms with Gasteiger partial charge >= 0.3 is 17.9 Å². The molecule has 0 heterocycles. The predicted octanol–water partition coefficient (Wildman–Crippen LogP) is 23.9. The van der Waals surface area contributed by atoms with Gasteiger partial charge in [0.15, 0.2) is 6.10 Å². The second-order valence-electron chi connectivity index (χ2n) is 22.7. The summed E-state index contributed by atoms with van der Waals surface area (Å²) in [6.07, 6.45) is 96.4. The van der Waals surface area contributed by atoms with Crippen LogP contribution in [0.4, 0.5) is 0 Å². The highest BCUT2D eigenvalue weighted by Crippen LogP contribution is 2.17. The number of allylic oxidation sites excluding steroid dienone is 20. The van der Waals surface area contributed by atoms with Gasteiger partial charge in [-0.05, 0) is 109 Å². The summed E-state index contributed by atoms with van der Waals surface area (Å²) in [5, 5.41) is 0. The number of carbonyl (C=O) groups excluding carboxylic acids is 3. The lowest BCUT2D eigenvalue weighted by atomic mass is 10.0. The van der Waals surface area contributed by atoms with Crippen LogP contribution in [0.15, 0.2) is 122 Å². The molecule has 0 aromatic heterocycles. The third kappa shape index (κ3) is 66.6. The number of hydrogen-bond donors (Lipinski definition) is 0. The Morgan fingerprint density at radius 3 is 0.744 bits per heavy atom. The van der Waals surface area contributed by atoms with Crippen LogP contribution in [0, 0.1) is 0 Å². The molecule has 0 N–H and O–H groups in total. The van der Waals surface area contributed by atoms with E-state index in [-0.39, 0.29) is 31.1 Å². The standard InChI is InChI=1S/C76H128O6/c1-4-7-10-13-16-19-22-25-28-31-34-36-37-38-39-40-43-45-48-51-54-57-60-63-66-69-75(78)81-72-73(71-80-74(77)68-65-62-59-56-53-50-47-44-41-33-30-27-24-21-18-15-12-9-6-3)82-76(79)70-67-64-61-58-55-52-49-46-42-35-32-29-26-23-20-17-14-11-8-5-2/h7,9-10,12,16,18-19,21,25,27-28,30,34,36,38-39,41,43-45,73H,4-6,8,11,13-15,17,20,22-24,26,29,31-33,35,37,40,42,46-72H2,1-3H3/b10-7-,12-9-,19-16-,21-18-,28-25-,30-27-,36-34-,39-38-,44-41-,45-43-. The predicted molar refractivity (Wildman–Crippen MR) is 357 cm³/mol. The van der Waals surface area contributed by atoms with Gasteiger partial charge in [-0.1, -0.05) is 316 Å². The molecule has 0 radical (unpaired) electrons. The van der Waals surface area contributed by atoms with Crippen molar-refractivity contribution in [3.05, 3.63) is 122 Å². The number of ether oxygens (including phenoxy) is 3. The monoisotopic (exact) mass is 1140 g/mol. The lowest BCUT2D eigenvalue weighted by molar-refractivity contribution is -0.167. The van der Waals surface area contributed by atoms with Gasteiger partial charge in [0, 0.05) is 19.3 Å². The van der Waals surface area contributed by atoms with Crippen molar-refractivity contribution in [2.24, 2.45) is 0 Å². The van der Waals surface area contributed by atoms with E-state index in [1.807, 2.05) is 0 Å². The number of carbonyl (C=O) groups is 3. The number of esters is 3. The fourth-order valence-electron chi connectivity index (χ4n) is 9.62. The topological polar surface area (TPSA) is 78.9 Å². The summed E-state index contributed by atoms with van der Waals surface area (Å²) in [6.45, 7) is 6.43. The highest BCUT2D eigenvalue weighted by atomic mass is 16.6. The molecule has 6 nitrogen and oxygen atoms in total. The third-order valence-electron chi connectivity index (χ3n) is 14.7. The van der Waals surface area contributed by atoms with Crippen molar-refractivity contribution in [1.29, 1.82) is 0 Å². The summed E-state index contributed by atoms with van der Waals surface area (Å²) < 4.78 is 17.0. The number of rotatable bonds is 62. The Bertz CT molecular complexity index is 1690. The molecule has 468 valence electrons. The lowest BCUT2D eigenvalue weighted by Crippen LogP contribution is -2.30. The molecule has 82 heavy (non-hydrogen) atoms. The summed E-state index contributed by atoms with van der Waals surface area (Å²) in [4.78, 5) is 38.5. The number of hydrogen-bond acceptors (Lipinski definition) is 6. The molecule has 0 saturated carbocycles. The third-order valence-corrected chi connectivity index (χ3v) is 14.7. The van der Waals surface area contributed by atoms with Gasteiger partial charge in [0.25, 0.3) is 0 Å². The van der Waals surface area contributed by atoms with Crippen molar-refractivity contribution in [3.8, 4) is 0 Å². The number of unbranched alkanes of at least 4 members (excludes halogenated alkanes) is 31. The van der Waals surface area contributed by atoms with Gasteiger partial charge in [-0.15, -0.1) is 0 Å². The minimum atomic E-state index is -0.795. The molecule has 1 unspecified atom stereocenters. The Morgan fingerprint density at radius 2 is 0.476 bits per heavy atom. The first-order chi connectivity index (χ1) is 40.5. The Labute approximate surface area is 507 Å². The molecule has 0 aliphatic carbocycles. The molecule has 0 aromatic rings. The van der Waals surface area contributed by atoms with Gasteiger partial charge in [0.1, 0.15) is 13.2 Å². The van der Waals surface area contributed by atoms with Crippen LogP contribution in [0.3, 0.4) is 0 Å². The van der Waals surface area contributed by atoms with E-state index >= 15 is 0 Å². The molecule has 0 fully saturated rings. The van der Waals surface area contributed by atoms with Crippen molar-refractivity contribution in [2.75, 3.05) is 13.2 Å². The second-order valence-corrected chi connectivity index (χ2v) is 22.7. The molecule has 6 heteroatoms. The summed E-state index contributed by atoms with van der Waals surface area (Å²) in [5.74, 6) is -0.905. The van der Waals surface area contributed by atoms with E-state index in [2.05, 4.69) is 142 Å². The van der Waals surface area contributed by atoms with E-state index in [1.165, 1.54) is 135 Å². The molecule has 0 aliphatic rings. The lowest BCUT2D eigenvalue weighted by Gasteiger charge is -2.18.